The minimum absolute atomic E-state index is 0.205. The fourth-order valence-electron chi connectivity index (χ4n) is 0.466. The number of halogens is 1. The molecular weight excluding hydrogens is 230 g/mol. The number of ether oxygens (including phenoxy) is 1. The summed E-state index contributed by atoms with van der Waals surface area (Å²) in [5.41, 5.74) is 5.27. The highest BCUT2D eigenvalue weighted by Gasteiger charge is 2.13. The van der Waals surface area contributed by atoms with Gasteiger partial charge in [-0.05, 0) is 0 Å². The second-order valence-electron chi connectivity index (χ2n) is 1.85. The van der Waals surface area contributed by atoms with E-state index in [1.54, 1.807) is 11.8 Å². The summed E-state index contributed by atoms with van der Waals surface area (Å²) in [5.74, 6) is 1.36. The van der Waals surface area contributed by atoms with Crippen LogP contribution in [0.15, 0.2) is 0 Å². The Bertz CT molecular complexity index is 123. The molecule has 66 valence electrons. The molecule has 0 saturated carbocycles. The predicted molar refractivity (Wildman–Crippen MR) is 51.1 cm³/mol. The van der Waals surface area contributed by atoms with Crippen LogP contribution in [0.25, 0.3) is 0 Å². The van der Waals surface area contributed by atoms with Crippen molar-refractivity contribution in [1.29, 1.82) is 0 Å². The predicted octanol–water partition coefficient (Wildman–Crippen LogP) is 0.615. The van der Waals surface area contributed by atoms with Crippen molar-refractivity contribution in [1.82, 2.24) is 0 Å². The topological polar surface area (TPSA) is 52.3 Å². The van der Waals surface area contributed by atoms with Gasteiger partial charge in [0.1, 0.15) is 4.83 Å². The number of carbonyl (C=O) groups is 1. The Morgan fingerprint density at radius 1 is 1.82 bits per heavy atom. The van der Waals surface area contributed by atoms with Crippen molar-refractivity contribution in [2.45, 2.75) is 4.83 Å². The van der Waals surface area contributed by atoms with E-state index >= 15 is 0 Å². The summed E-state index contributed by atoms with van der Waals surface area (Å²) in [4.78, 5) is 10.6. The Morgan fingerprint density at radius 3 is 2.91 bits per heavy atom. The minimum atomic E-state index is -0.227. The van der Waals surface area contributed by atoms with E-state index in [-0.39, 0.29) is 10.8 Å². The summed E-state index contributed by atoms with van der Waals surface area (Å²) in [5, 5.41) is 0. The van der Waals surface area contributed by atoms with E-state index in [0.717, 1.165) is 5.75 Å². The molecule has 0 radical (unpaired) electrons. The van der Waals surface area contributed by atoms with E-state index in [4.69, 9.17) is 5.73 Å². The highest BCUT2D eigenvalue weighted by atomic mass is 79.9. The van der Waals surface area contributed by atoms with Crippen LogP contribution >= 0.6 is 27.7 Å². The molecule has 0 aliphatic rings. The van der Waals surface area contributed by atoms with Crippen LogP contribution in [0.5, 0.6) is 0 Å². The van der Waals surface area contributed by atoms with Crippen LogP contribution in [0.1, 0.15) is 0 Å². The number of alkyl halides is 1. The normalized spacial score (nSPS) is 12.6. The van der Waals surface area contributed by atoms with E-state index in [9.17, 15) is 4.79 Å². The lowest BCUT2D eigenvalue weighted by atomic mass is 10.5. The first-order valence-electron chi connectivity index (χ1n) is 3.22. The Labute approximate surface area is 79.2 Å². The highest BCUT2D eigenvalue weighted by molar-refractivity contribution is 9.10. The largest absolute Gasteiger partial charge is 0.468 e. The number of hydrogen-bond donors (Lipinski definition) is 1. The van der Waals surface area contributed by atoms with Crippen molar-refractivity contribution in [2.24, 2.45) is 5.73 Å². The van der Waals surface area contributed by atoms with Crippen LogP contribution in [0.3, 0.4) is 0 Å². The van der Waals surface area contributed by atoms with Gasteiger partial charge in [-0.3, -0.25) is 4.79 Å². The lowest BCUT2D eigenvalue weighted by Crippen LogP contribution is -2.18. The molecule has 0 spiro atoms. The molecule has 0 aromatic heterocycles. The maximum Gasteiger partial charge on any atom is 0.320 e. The first kappa shape index (κ1) is 11.3. The maximum atomic E-state index is 10.8. The van der Waals surface area contributed by atoms with Gasteiger partial charge in [0.25, 0.3) is 0 Å². The molecular formula is C6H12BrNO2S. The molecule has 2 N–H and O–H groups in total. The van der Waals surface area contributed by atoms with Gasteiger partial charge in [-0.2, -0.15) is 11.8 Å². The summed E-state index contributed by atoms with van der Waals surface area (Å²) < 4.78 is 4.51. The fraction of sp³-hybridized carbons (Fsp3) is 0.833. The number of hydrogen-bond acceptors (Lipinski definition) is 4. The van der Waals surface area contributed by atoms with E-state index in [2.05, 4.69) is 20.7 Å². The van der Waals surface area contributed by atoms with Gasteiger partial charge in [0.2, 0.25) is 0 Å². The summed E-state index contributed by atoms with van der Waals surface area (Å²) in [6, 6.07) is 0. The van der Waals surface area contributed by atoms with Gasteiger partial charge in [-0.25, -0.2) is 0 Å². The average molecular weight is 242 g/mol. The van der Waals surface area contributed by atoms with Gasteiger partial charge in [0, 0.05) is 18.1 Å². The number of nitrogens with two attached hydrogens (primary N) is 1. The molecule has 0 heterocycles. The van der Waals surface area contributed by atoms with Crippen LogP contribution in [-0.2, 0) is 9.53 Å². The number of rotatable bonds is 5. The molecule has 11 heavy (non-hydrogen) atoms. The van der Waals surface area contributed by atoms with Crippen LogP contribution in [0, 0.1) is 0 Å². The zero-order valence-electron chi connectivity index (χ0n) is 6.38. The van der Waals surface area contributed by atoms with Gasteiger partial charge in [0.15, 0.2) is 0 Å². The molecule has 0 aromatic carbocycles. The Hall–Kier alpha value is 0.260. The monoisotopic (exact) mass is 241 g/mol. The van der Waals surface area contributed by atoms with Crippen molar-refractivity contribution in [3.8, 4) is 0 Å². The lowest BCUT2D eigenvalue weighted by molar-refractivity contribution is -0.139. The molecule has 0 bridgehead atoms. The zero-order valence-corrected chi connectivity index (χ0v) is 8.78. The molecule has 0 aliphatic heterocycles. The molecule has 0 amide bonds. The Kier molecular flexibility index (Phi) is 7.10. The van der Waals surface area contributed by atoms with E-state index in [1.807, 2.05) is 0 Å². The third-order valence-corrected chi connectivity index (χ3v) is 3.20. The molecule has 0 rings (SSSR count). The maximum absolute atomic E-state index is 10.8. The van der Waals surface area contributed by atoms with Crippen LogP contribution < -0.4 is 5.73 Å². The quantitative estimate of drug-likeness (QED) is 0.436. The SMILES string of the molecule is COC(=O)C(Br)CSCCN. The minimum Gasteiger partial charge on any atom is -0.468 e. The van der Waals surface area contributed by atoms with Crippen molar-refractivity contribution in [3.05, 3.63) is 0 Å². The van der Waals surface area contributed by atoms with E-state index in [0.29, 0.717) is 12.3 Å². The molecule has 0 saturated heterocycles. The first-order chi connectivity index (χ1) is 5.22. The fourth-order valence-corrected chi connectivity index (χ4v) is 1.89. The highest BCUT2D eigenvalue weighted by Crippen LogP contribution is 2.10. The number of carbonyl (C=O) groups excluding carboxylic acids is 1. The second kappa shape index (κ2) is 6.94. The number of methoxy groups -OCH3 is 1. The van der Waals surface area contributed by atoms with E-state index in [1.165, 1.54) is 7.11 Å². The number of esters is 1. The lowest BCUT2D eigenvalue weighted by Gasteiger charge is -2.05. The van der Waals surface area contributed by atoms with Crippen molar-refractivity contribution < 1.29 is 9.53 Å². The van der Waals surface area contributed by atoms with Gasteiger partial charge in [0.05, 0.1) is 7.11 Å². The Morgan fingerprint density at radius 2 is 2.45 bits per heavy atom. The summed E-state index contributed by atoms with van der Waals surface area (Å²) >= 11 is 4.83. The average Bonchev–Trinajstić information content (AvgIpc) is 2.03. The molecule has 0 fully saturated rings. The standard InChI is InChI=1S/C6H12BrNO2S/c1-10-6(9)5(7)4-11-3-2-8/h5H,2-4,8H2,1H3. The van der Waals surface area contributed by atoms with E-state index < -0.39 is 0 Å². The molecule has 3 nitrogen and oxygen atoms in total. The van der Waals surface area contributed by atoms with Crippen molar-refractivity contribution in [3.63, 3.8) is 0 Å². The van der Waals surface area contributed by atoms with Gasteiger partial charge in [-0.15, -0.1) is 0 Å². The zero-order chi connectivity index (χ0) is 8.69. The summed E-state index contributed by atoms with van der Waals surface area (Å²) in [6.07, 6.45) is 0. The van der Waals surface area contributed by atoms with Crippen LogP contribution in [0.2, 0.25) is 0 Å². The first-order valence-corrected chi connectivity index (χ1v) is 5.29. The summed E-state index contributed by atoms with van der Waals surface area (Å²) in [6.45, 7) is 0.644. The molecule has 5 heteroatoms. The number of thioether (sulfide) groups is 1. The van der Waals surface area contributed by atoms with Crippen LogP contribution in [0.4, 0.5) is 0 Å². The van der Waals surface area contributed by atoms with Crippen molar-refractivity contribution in [2.75, 3.05) is 25.2 Å². The second-order valence-corrected chi connectivity index (χ2v) is 4.11. The van der Waals surface area contributed by atoms with Crippen molar-refractivity contribution >= 4 is 33.7 Å². The van der Waals surface area contributed by atoms with Gasteiger partial charge in [-0.1, -0.05) is 15.9 Å². The van der Waals surface area contributed by atoms with Crippen LogP contribution in [-0.4, -0.2) is 36.0 Å². The van der Waals surface area contributed by atoms with Gasteiger partial charge < -0.3 is 10.5 Å². The molecule has 0 aliphatic carbocycles. The third-order valence-electron chi connectivity index (χ3n) is 0.983. The Balaban J connectivity index is 3.36. The molecule has 0 aromatic rings. The molecule has 1 atom stereocenters. The van der Waals surface area contributed by atoms with Gasteiger partial charge >= 0.3 is 5.97 Å². The summed E-state index contributed by atoms with van der Waals surface area (Å²) in [7, 11) is 1.38. The molecule has 1 unspecified atom stereocenters. The smallest absolute Gasteiger partial charge is 0.320 e. The third kappa shape index (κ3) is 5.52.